The molecule has 0 saturated carbocycles. The maximum atomic E-state index is 5.47. The summed E-state index contributed by atoms with van der Waals surface area (Å²) < 4.78 is 7.52. The fourth-order valence-electron chi connectivity index (χ4n) is 3.95. The molecule has 4 aromatic rings. The smallest absolute Gasteiger partial charge is 0.180 e. The molecule has 2 N–H and O–H groups in total. The summed E-state index contributed by atoms with van der Waals surface area (Å²) in [5.41, 5.74) is 5.93. The zero-order valence-corrected chi connectivity index (χ0v) is 17.2. The lowest BCUT2D eigenvalue weighted by Crippen LogP contribution is -2.37. The Kier molecular flexibility index (Phi) is 4.94. The van der Waals surface area contributed by atoms with Crippen molar-refractivity contribution in [1.82, 2.24) is 29.5 Å². The third-order valence-electron chi connectivity index (χ3n) is 5.66. The Morgan fingerprint density at radius 3 is 2.67 bits per heavy atom. The summed E-state index contributed by atoms with van der Waals surface area (Å²) >= 11 is 0. The van der Waals surface area contributed by atoms with Crippen LogP contribution in [0.25, 0.3) is 16.9 Å². The first-order chi connectivity index (χ1) is 14.7. The number of anilines is 2. The van der Waals surface area contributed by atoms with Crippen molar-refractivity contribution in [3.63, 3.8) is 0 Å². The predicted octanol–water partition coefficient (Wildman–Crippen LogP) is 3.56. The van der Waals surface area contributed by atoms with Crippen LogP contribution in [-0.2, 0) is 4.74 Å². The molecular weight excluding hydrogens is 378 g/mol. The molecular formula is C22H25N7O. The Labute approximate surface area is 174 Å². The minimum absolute atomic E-state index is 0.372. The number of aromatic amines is 1. The molecule has 0 spiro atoms. The van der Waals surface area contributed by atoms with Crippen LogP contribution in [0, 0.1) is 6.92 Å². The maximum Gasteiger partial charge on any atom is 0.180 e. The zero-order valence-electron chi connectivity index (χ0n) is 17.2. The number of fused-ring (bicyclic) bond motifs is 1. The number of imidazole rings is 1. The van der Waals surface area contributed by atoms with Crippen LogP contribution >= 0.6 is 0 Å². The van der Waals surface area contributed by atoms with E-state index in [9.17, 15) is 0 Å². The van der Waals surface area contributed by atoms with Gasteiger partial charge in [-0.1, -0.05) is 12.1 Å². The summed E-state index contributed by atoms with van der Waals surface area (Å²) in [5.74, 6) is 0.735. The quantitative estimate of drug-likeness (QED) is 0.530. The number of hydrogen-bond donors (Lipinski definition) is 2. The van der Waals surface area contributed by atoms with Crippen molar-refractivity contribution in [1.29, 1.82) is 0 Å². The Balaban J connectivity index is 1.40. The molecule has 0 bridgehead atoms. The fraction of sp³-hybridized carbons (Fsp3) is 0.318. The molecule has 1 aliphatic rings. The number of hydrogen-bond acceptors (Lipinski definition) is 6. The Bertz CT molecular complexity index is 1130. The van der Waals surface area contributed by atoms with Crippen molar-refractivity contribution in [3.05, 3.63) is 60.3 Å². The SMILES string of the molecule is Cc1cn2c(-c3cn[nH]c3)cnc2c(Nc2ccc(C(C)N3CCOCC3)cc2)n1. The molecule has 1 unspecified atom stereocenters. The minimum atomic E-state index is 0.372. The molecule has 30 heavy (non-hydrogen) atoms. The number of ether oxygens (including phenoxy) is 1. The number of nitrogens with one attached hydrogen (secondary N) is 2. The van der Waals surface area contributed by atoms with Crippen LogP contribution in [0.15, 0.2) is 49.1 Å². The molecule has 0 aliphatic carbocycles. The van der Waals surface area contributed by atoms with Gasteiger partial charge in [-0.2, -0.15) is 5.10 Å². The molecule has 5 rings (SSSR count). The third kappa shape index (κ3) is 3.55. The summed E-state index contributed by atoms with van der Waals surface area (Å²) in [4.78, 5) is 11.7. The van der Waals surface area contributed by atoms with E-state index in [1.807, 2.05) is 29.9 Å². The summed E-state index contributed by atoms with van der Waals surface area (Å²) in [6, 6.07) is 8.94. The van der Waals surface area contributed by atoms with Gasteiger partial charge in [0.05, 0.1) is 37.0 Å². The molecule has 0 amide bonds. The van der Waals surface area contributed by atoms with E-state index in [2.05, 4.69) is 61.6 Å². The van der Waals surface area contributed by atoms with E-state index in [0.717, 1.165) is 60.4 Å². The Hall–Kier alpha value is -3.23. The van der Waals surface area contributed by atoms with E-state index in [0.29, 0.717) is 6.04 Å². The normalized spacial score (nSPS) is 16.1. The molecule has 0 radical (unpaired) electrons. The molecule has 1 saturated heterocycles. The van der Waals surface area contributed by atoms with Crippen molar-refractivity contribution >= 4 is 17.2 Å². The molecule has 1 atom stereocenters. The monoisotopic (exact) mass is 403 g/mol. The lowest BCUT2D eigenvalue weighted by Gasteiger charge is -2.32. The fourth-order valence-corrected chi connectivity index (χ4v) is 3.95. The van der Waals surface area contributed by atoms with Crippen molar-refractivity contribution in [3.8, 4) is 11.3 Å². The standard InChI is InChI=1S/C22H25N7O/c1-15-14-29-20(18-11-24-25-12-18)13-23-22(29)21(26-15)27-19-5-3-17(4-6-19)16(2)28-7-9-30-10-8-28/h3-6,11-14,16H,7-10H2,1-2H3,(H,24,25)(H,26,27). The molecule has 4 heterocycles. The topological polar surface area (TPSA) is 83.4 Å². The van der Waals surface area contributed by atoms with E-state index >= 15 is 0 Å². The van der Waals surface area contributed by atoms with Gasteiger partial charge in [-0.05, 0) is 31.5 Å². The number of morpholine rings is 1. The van der Waals surface area contributed by atoms with Gasteiger partial charge in [0, 0.05) is 42.8 Å². The summed E-state index contributed by atoms with van der Waals surface area (Å²) in [7, 11) is 0. The first kappa shape index (κ1) is 18.8. The second kappa shape index (κ2) is 7.89. The minimum Gasteiger partial charge on any atom is -0.379 e. The number of H-pyrrole nitrogens is 1. The Morgan fingerprint density at radius 2 is 1.93 bits per heavy atom. The maximum absolute atomic E-state index is 5.47. The highest BCUT2D eigenvalue weighted by Gasteiger charge is 2.18. The van der Waals surface area contributed by atoms with E-state index < -0.39 is 0 Å². The van der Waals surface area contributed by atoms with Gasteiger partial charge in [0.1, 0.15) is 0 Å². The largest absolute Gasteiger partial charge is 0.379 e. The highest BCUT2D eigenvalue weighted by Crippen LogP contribution is 2.27. The zero-order chi connectivity index (χ0) is 20.5. The lowest BCUT2D eigenvalue weighted by atomic mass is 10.1. The number of nitrogens with zero attached hydrogens (tertiary/aromatic N) is 5. The number of benzene rings is 1. The average Bonchev–Trinajstić information content (AvgIpc) is 3.44. The summed E-state index contributed by atoms with van der Waals surface area (Å²) in [6.45, 7) is 7.81. The van der Waals surface area contributed by atoms with Gasteiger partial charge < -0.3 is 10.1 Å². The van der Waals surface area contributed by atoms with Crippen LogP contribution in [0.2, 0.25) is 0 Å². The third-order valence-corrected chi connectivity index (χ3v) is 5.66. The molecule has 1 aromatic carbocycles. The van der Waals surface area contributed by atoms with Crippen LogP contribution < -0.4 is 5.32 Å². The molecule has 8 heteroatoms. The van der Waals surface area contributed by atoms with Crippen molar-refractivity contribution in [2.24, 2.45) is 0 Å². The van der Waals surface area contributed by atoms with E-state index in [1.165, 1.54) is 5.56 Å². The van der Waals surface area contributed by atoms with E-state index in [-0.39, 0.29) is 0 Å². The second-order valence-electron chi connectivity index (χ2n) is 7.63. The molecule has 154 valence electrons. The van der Waals surface area contributed by atoms with Gasteiger partial charge in [-0.3, -0.25) is 14.4 Å². The molecule has 1 aliphatic heterocycles. The number of aryl methyl sites for hydroxylation is 1. The summed E-state index contributed by atoms with van der Waals surface area (Å²) in [5, 5.41) is 10.3. The highest BCUT2D eigenvalue weighted by molar-refractivity contribution is 5.74. The van der Waals surface area contributed by atoms with Gasteiger partial charge in [-0.25, -0.2) is 9.97 Å². The first-order valence-corrected chi connectivity index (χ1v) is 10.2. The average molecular weight is 403 g/mol. The number of aromatic nitrogens is 5. The van der Waals surface area contributed by atoms with Crippen LogP contribution in [0.5, 0.6) is 0 Å². The van der Waals surface area contributed by atoms with Crippen LogP contribution in [0.4, 0.5) is 11.5 Å². The van der Waals surface area contributed by atoms with Crippen molar-refractivity contribution in [2.75, 3.05) is 31.6 Å². The van der Waals surface area contributed by atoms with Gasteiger partial charge in [0.2, 0.25) is 0 Å². The van der Waals surface area contributed by atoms with E-state index in [4.69, 9.17) is 4.74 Å². The van der Waals surface area contributed by atoms with Crippen molar-refractivity contribution < 1.29 is 4.74 Å². The van der Waals surface area contributed by atoms with Gasteiger partial charge in [-0.15, -0.1) is 0 Å². The molecule has 8 nitrogen and oxygen atoms in total. The van der Waals surface area contributed by atoms with Gasteiger partial charge in [0.15, 0.2) is 11.5 Å². The highest BCUT2D eigenvalue weighted by atomic mass is 16.5. The van der Waals surface area contributed by atoms with E-state index in [1.54, 1.807) is 6.20 Å². The number of rotatable bonds is 5. The van der Waals surface area contributed by atoms with Gasteiger partial charge >= 0.3 is 0 Å². The van der Waals surface area contributed by atoms with Gasteiger partial charge in [0.25, 0.3) is 0 Å². The van der Waals surface area contributed by atoms with Crippen molar-refractivity contribution in [2.45, 2.75) is 19.9 Å². The second-order valence-corrected chi connectivity index (χ2v) is 7.63. The lowest BCUT2D eigenvalue weighted by molar-refractivity contribution is 0.0198. The van der Waals surface area contributed by atoms with Crippen LogP contribution in [0.3, 0.4) is 0 Å². The Morgan fingerprint density at radius 1 is 1.13 bits per heavy atom. The molecule has 1 fully saturated rings. The van der Waals surface area contributed by atoms with Crippen LogP contribution in [0.1, 0.15) is 24.2 Å². The summed E-state index contributed by atoms with van der Waals surface area (Å²) in [6.07, 6.45) is 7.49. The predicted molar refractivity (Wildman–Crippen MR) is 116 cm³/mol. The van der Waals surface area contributed by atoms with Crippen LogP contribution in [-0.4, -0.2) is 55.8 Å². The first-order valence-electron chi connectivity index (χ1n) is 10.2. The molecule has 3 aromatic heterocycles.